The summed E-state index contributed by atoms with van der Waals surface area (Å²) in [6.45, 7) is 4.39. The Bertz CT molecular complexity index is 331. The van der Waals surface area contributed by atoms with Crippen molar-refractivity contribution in [2.75, 3.05) is 11.1 Å². The highest BCUT2D eigenvalue weighted by Gasteiger charge is 2.28. The first kappa shape index (κ1) is 10.3. The molecule has 2 heteroatoms. The molecule has 1 saturated carbocycles. The Labute approximate surface area is 91.9 Å². The predicted molar refractivity (Wildman–Crippen MR) is 66.1 cm³/mol. The Morgan fingerprint density at radius 3 is 2.47 bits per heavy atom. The highest BCUT2D eigenvalue weighted by Crippen LogP contribution is 2.33. The summed E-state index contributed by atoms with van der Waals surface area (Å²) in [5.41, 5.74) is 9.35. The summed E-state index contributed by atoms with van der Waals surface area (Å²) >= 11 is 0. The third-order valence-corrected chi connectivity index (χ3v) is 3.25. The molecule has 0 spiro atoms. The van der Waals surface area contributed by atoms with Gasteiger partial charge in [-0.15, -0.1) is 0 Å². The molecule has 0 radical (unpaired) electrons. The van der Waals surface area contributed by atoms with E-state index in [0.29, 0.717) is 0 Å². The minimum absolute atomic E-state index is 0.278. The van der Waals surface area contributed by atoms with Crippen LogP contribution in [0, 0.1) is 6.92 Å². The van der Waals surface area contributed by atoms with E-state index < -0.39 is 0 Å². The van der Waals surface area contributed by atoms with Gasteiger partial charge in [0.05, 0.1) is 0 Å². The van der Waals surface area contributed by atoms with E-state index in [-0.39, 0.29) is 5.54 Å². The largest absolute Gasteiger partial charge is 0.399 e. The first-order chi connectivity index (χ1) is 7.07. The average molecular weight is 204 g/mol. The van der Waals surface area contributed by atoms with Gasteiger partial charge in [0.15, 0.2) is 0 Å². The fourth-order valence-electron chi connectivity index (χ4n) is 2.51. The van der Waals surface area contributed by atoms with E-state index in [0.717, 1.165) is 11.4 Å². The minimum Gasteiger partial charge on any atom is -0.399 e. The van der Waals surface area contributed by atoms with Crippen molar-refractivity contribution in [3.63, 3.8) is 0 Å². The molecule has 82 valence electrons. The molecule has 1 aromatic carbocycles. The first-order valence-corrected chi connectivity index (χ1v) is 5.73. The molecule has 0 unspecified atom stereocenters. The summed E-state index contributed by atoms with van der Waals surface area (Å²) in [6, 6.07) is 6.19. The van der Waals surface area contributed by atoms with Gasteiger partial charge in [-0.25, -0.2) is 0 Å². The molecule has 1 aliphatic carbocycles. The number of benzene rings is 1. The Morgan fingerprint density at radius 1 is 1.20 bits per heavy atom. The molecule has 0 bridgehead atoms. The second-order valence-electron chi connectivity index (χ2n) is 5.03. The lowest BCUT2D eigenvalue weighted by Gasteiger charge is -2.27. The second kappa shape index (κ2) is 3.76. The lowest BCUT2D eigenvalue weighted by molar-refractivity contribution is 0.533. The summed E-state index contributed by atoms with van der Waals surface area (Å²) < 4.78 is 0. The zero-order chi connectivity index (χ0) is 10.9. The van der Waals surface area contributed by atoms with Gasteiger partial charge in [0, 0.05) is 16.9 Å². The molecule has 2 nitrogen and oxygen atoms in total. The van der Waals surface area contributed by atoms with E-state index in [2.05, 4.69) is 25.2 Å². The number of hydrogen-bond acceptors (Lipinski definition) is 2. The van der Waals surface area contributed by atoms with E-state index in [1.165, 1.54) is 31.2 Å². The molecule has 2 rings (SSSR count). The van der Waals surface area contributed by atoms with Crippen LogP contribution >= 0.6 is 0 Å². The highest BCUT2D eigenvalue weighted by atomic mass is 15.0. The Hall–Kier alpha value is -1.18. The van der Waals surface area contributed by atoms with Gasteiger partial charge in [-0.2, -0.15) is 0 Å². The number of anilines is 2. The van der Waals surface area contributed by atoms with E-state index in [1.54, 1.807) is 0 Å². The van der Waals surface area contributed by atoms with Crippen LogP contribution in [-0.2, 0) is 0 Å². The van der Waals surface area contributed by atoms with Crippen LogP contribution in [0.15, 0.2) is 18.2 Å². The Balaban J connectivity index is 2.16. The summed E-state index contributed by atoms with van der Waals surface area (Å²) in [6.07, 6.45) is 5.21. The molecule has 0 saturated heterocycles. The maximum Gasteiger partial charge on any atom is 0.0367 e. The first-order valence-electron chi connectivity index (χ1n) is 5.73. The number of nitrogen functional groups attached to an aromatic ring is 1. The summed E-state index contributed by atoms with van der Waals surface area (Å²) in [5, 5.41) is 3.62. The van der Waals surface area contributed by atoms with E-state index in [4.69, 9.17) is 5.73 Å². The SMILES string of the molecule is Cc1cc(N)cc(NC2(C)CCCC2)c1. The molecule has 0 aliphatic heterocycles. The number of nitrogens with two attached hydrogens (primary N) is 1. The maximum absolute atomic E-state index is 5.84. The van der Waals surface area contributed by atoms with Crippen molar-refractivity contribution in [1.29, 1.82) is 0 Å². The van der Waals surface area contributed by atoms with Crippen LogP contribution in [0.1, 0.15) is 38.2 Å². The van der Waals surface area contributed by atoms with Gasteiger partial charge in [-0.05, 0) is 50.5 Å². The Morgan fingerprint density at radius 2 is 1.87 bits per heavy atom. The number of rotatable bonds is 2. The third kappa shape index (κ3) is 2.44. The van der Waals surface area contributed by atoms with Gasteiger partial charge >= 0.3 is 0 Å². The molecule has 0 aromatic heterocycles. The Kier molecular flexibility index (Phi) is 2.59. The van der Waals surface area contributed by atoms with E-state index in [1.807, 2.05) is 12.1 Å². The molecule has 1 aromatic rings. The van der Waals surface area contributed by atoms with Gasteiger partial charge in [0.25, 0.3) is 0 Å². The smallest absolute Gasteiger partial charge is 0.0367 e. The van der Waals surface area contributed by atoms with Crippen LogP contribution in [0.25, 0.3) is 0 Å². The summed E-state index contributed by atoms with van der Waals surface area (Å²) in [5.74, 6) is 0. The minimum atomic E-state index is 0.278. The maximum atomic E-state index is 5.84. The molecular formula is C13H20N2. The fourth-order valence-corrected chi connectivity index (χ4v) is 2.51. The molecular weight excluding hydrogens is 184 g/mol. The van der Waals surface area contributed by atoms with Crippen molar-refractivity contribution < 1.29 is 0 Å². The second-order valence-corrected chi connectivity index (χ2v) is 5.03. The van der Waals surface area contributed by atoms with Crippen LogP contribution in [0.4, 0.5) is 11.4 Å². The van der Waals surface area contributed by atoms with Crippen molar-refractivity contribution in [3.05, 3.63) is 23.8 Å². The van der Waals surface area contributed by atoms with Crippen LogP contribution in [0.3, 0.4) is 0 Å². The molecule has 1 fully saturated rings. The van der Waals surface area contributed by atoms with Crippen molar-refractivity contribution in [2.45, 2.75) is 45.1 Å². The lowest BCUT2D eigenvalue weighted by atomic mass is 10.00. The monoisotopic (exact) mass is 204 g/mol. The third-order valence-electron chi connectivity index (χ3n) is 3.25. The van der Waals surface area contributed by atoms with E-state index >= 15 is 0 Å². The van der Waals surface area contributed by atoms with E-state index in [9.17, 15) is 0 Å². The molecule has 15 heavy (non-hydrogen) atoms. The van der Waals surface area contributed by atoms with Crippen LogP contribution < -0.4 is 11.1 Å². The molecule has 1 aliphatic rings. The van der Waals surface area contributed by atoms with Crippen molar-refractivity contribution >= 4 is 11.4 Å². The zero-order valence-electron chi connectivity index (χ0n) is 9.64. The number of hydrogen-bond donors (Lipinski definition) is 2. The van der Waals surface area contributed by atoms with Crippen molar-refractivity contribution in [3.8, 4) is 0 Å². The standard InChI is InChI=1S/C13H20N2/c1-10-7-11(14)9-12(8-10)15-13(2)5-3-4-6-13/h7-9,15H,3-6,14H2,1-2H3. The molecule has 0 atom stereocenters. The van der Waals surface area contributed by atoms with Gasteiger partial charge in [0.1, 0.15) is 0 Å². The van der Waals surface area contributed by atoms with Gasteiger partial charge in [-0.1, -0.05) is 12.8 Å². The fraction of sp³-hybridized carbons (Fsp3) is 0.538. The van der Waals surface area contributed by atoms with Crippen molar-refractivity contribution in [1.82, 2.24) is 0 Å². The summed E-state index contributed by atoms with van der Waals surface area (Å²) in [7, 11) is 0. The molecule has 3 N–H and O–H groups in total. The normalized spacial score (nSPS) is 19.1. The zero-order valence-corrected chi connectivity index (χ0v) is 9.64. The van der Waals surface area contributed by atoms with Crippen LogP contribution in [0.2, 0.25) is 0 Å². The number of nitrogens with one attached hydrogen (secondary N) is 1. The van der Waals surface area contributed by atoms with Crippen LogP contribution in [0.5, 0.6) is 0 Å². The number of aryl methyl sites for hydroxylation is 1. The molecule has 0 amide bonds. The molecule has 0 heterocycles. The lowest BCUT2D eigenvalue weighted by Crippen LogP contribution is -2.30. The highest BCUT2D eigenvalue weighted by molar-refractivity contribution is 5.57. The van der Waals surface area contributed by atoms with Crippen molar-refractivity contribution in [2.24, 2.45) is 0 Å². The quantitative estimate of drug-likeness (QED) is 0.725. The topological polar surface area (TPSA) is 38.0 Å². The average Bonchev–Trinajstić information content (AvgIpc) is 2.49. The van der Waals surface area contributed by atoms with Crippen LogP contribution in [-0.4, -0.2) is 5.54 Å². The van der Waals surface area contributed by atoms with Gasteiger partial charge in [0.2, 0.25) is 0 Å². The van der Waals surface area contributed by atoms with Gasteiger partial charge < -0.3 is 11.1 Å². The summed E-state index contributed by atoms with van der Waals surface area (Å²) in [4.78, 5) is 0. The predicted octanol–water partition coefficient (Wildman–Crippen LogP) is 3.32. The van der Waals surface area contributed by atoms with Gasteiger partial charge in [-0.3, -0.25) is 0 Å².